The maximum Gasteiger partial charge on any atom is 0.0858 e. The summed E-state index contributed by atoms with van der Waals surface area (Å²) in [6.07, 6.45) is 10.9. The predicted molar refractivity (Wildman–Crippen MR) is 85.5 cm³/mol. The molecule has 0 saturated carbocycles. The average molecular weight is 267 g/mol. The highest BCUT2D eigenvalue weighted by Crippen LogP contribution is 2.21. The first-order chi connectivity index (χ1) is 9.83. The molecule has 0 aliphatic heterocycles. The standard InChI is InChI=1S/C17H21N3/c1-3-20(4-2)17-13-11-16(12-14-17)19-18-15-9-7-5-6-8-10-15/h5-9,11-14H,3-4,10H2,1-2H3. The summed E-state index contributed by atoms with van der Waals surface area (Å²) in [7, 11) is 0. The lowest BCUT2D eigenvalue weighted by Gasteiger charge is -2.20. The SMILES string of the molecule is CCN(CC)c1ccc(N=NC2=CC=CC=CC2)cc1. The Labute approximate surface area is 121 Å². The van der Waals surface area contributed by atoms with Gasteiger partial charge in [0.05, 0.1) is 11.4 Å². The number of rotatable bonds is 5. The minimum atomic E-state index is 0.827. The third kappa shape index (κ3) is 3.92. The van der Waals surface area contributed by atoms with Gasteiger partial charge in [0.15, 0.2) is 0 Å². The molecule has 0 radical (unpaired) electrons. The second-order valence-electron chi connectivity index (χ2n) is 4.56. The lowest BCUT2D eigenvalue weighted by atomic mass is 10.2. The number of azo groups is 1. The summed E-state index contributed by atoms with van der Waals surface area (Å²) >= 11 is 0. The number of anilines is 1. The van der Waals surface area contributed by atoms with Gasteiger partial charge in [-0.25, -0.2) is 0 Å². The Morgan fingerprint density at radius 3 is 2.40 bits per heavy atom. The highest BCUT2D eigenvalue weighted by Gasteiger charge is 2.01. The largest absolute Gasteiger partial charge is 0.372 e. The number of allylic oxidation sites excluding steroid dienone is 5. The third-order valence-corrected chi connectivity index (χ3v) is 3.25. The van der Waals surface area contributed by atoms with E-state index in [0.29, 0.717) is 0 Å². The van der Waals surface area contributed by atoms with E-state index in [4.69, 9.17) is 0 Å². The molecule has 1 aliphatic carbocycles. The molecular formula is C17H21N3. The van der Waals surface area contributed by atoms with Crippen LogP contribution in [0.25, 0.3) is 0 Å². The average Bonchev–Trinajstić information content (AvgIpc) is 2.76. The van der Waals surface area contributed by atoms with Crippen LogP contribution in [0.1, 0.15) is 20.3 Å². The van der Waals surface area contributed by atoms with Crippen LogP contribution in [0, 0.1) is 0 Å². The van der Waals surface area contributed by atoms with Crippen LogP contribution < -0.4 is 4.90 Å². The van der Waals surface area contributed by atoms with Gasteiger partial charge >= 0.3 is 0 Å². The van der Waals surface area contributed by atoms with Gasteiger partial charge in [-0.3, -0.25) is 0 Å². The van der Waals surface area contributed by atoms with E-state index in [-0.39, 0.29) is 0 Å². The summed E-state index contributed by atoms with van der Waals surface area (Å²) in [5.41, 5.74) is 3.09. The van der Waals surface area contributed by atoms with Crippen LogP contribution in [0.4, 0.5) is 11.4 Å². The molecule has 0 unspecified atom stereocenters. The maximum absolute atomic E-state index is 4.30. The van der Waals surface area contributed by atoms with E-state index < -0.39 is 0 Å². The zero-order valence-electron chi connectivity index (χ0n) is 12.2. The van der Waals surface area contributed by atoms with Crippen LogP contribution in [-0.2, 0) is 0 Å². The molecule has 104 valence electrons. The monoisotopic (exact) mass is 267 g/mol. The molecule has 1 aromatic rings. The quantitative estimate of drug-likeness (QED) is 0.689. The molecule has 20 heavy (non-hydrogen) atoms. The van der Waals surface area contributed by atoms with E-state index in [2.05, 4.69) is 47.2 Å². The van der Waals surface area contributed by atoms with Crippen molar-refractivity contribution in [2.24, 2.45) is 10.2 Å². The van der Waals surface area contributed by atoms with Crippen LogP contribution in [0.3, 0.4) is 0 Å². The van der Waals surface area contributed by atoms with Crippen molar-refractivity contribution < 1.29 is 0 Å². The van der Waals surface area contributed by atoms with Crippen molar-refractivity contribution in [1.82, 2.24) is 0 Å². The molecule has 0 atom stereocenters. The van der Waals surface area contributed by atoms with Crippen molar-refractivity contribution >= 4 is 11.4 Å². The summed E-state index contributed by atoms with van der Waals surface area (Å²) in [6, 6.07) is 8.23. The Balaban J connectivity index is 2.05. The van der Waals surface area contributed by atoms with Crippen LogP contribution in [0.2, 0.25) is 0 Å². The fraction of sp³-hybridized carbons (Fsp3) is 0.294. The normalized spacial score (nSPS) is 14.4. The minimum Gasteiger partial charge on any atom is -0.372 e. The van der Waals surface area contributed by atoms with E-state index in [1.165, 1.54) is 5.69 Å². The second-order valence-corrected chi connectivity index (χ2v) is 4.56. The van der Waals surface area contributed by atoms with Gasteiger partial charge in [0, 0.05) is 25.2 Å². The Bertz CT molecular complexity index is 532. The van der Waals surface area contributed by atoms with Gasteiger partial charge in [-0.2, -0.15) is 10.2 Å². The molecule has 0 saturated heterocycles. The summed E-state index contributed by atoms with van der Waals surface area (Å²) in [5.74, 6) is 0. The topological polar surface area (TPSA) is 28.0 Å². The number of benzene rings is 1. The summed E-state index contributed by atoms with van der Waals surface area (Å²) in [6.45, 7) is 6.36. The van der Waals surface area contributed by atoms with Gasteiger partial charge in [-0.1, -0.05) is 24.3 Å². The zero-order chi connectivity index (χ0) is 14.2. The smallest absolute Gasteiger partial charge is 0.0858 e. The Morgan fingerprint density at radius 2 is 1.70 bits per heavy atom. The summed E-state index contributed by atoms with van der Waals surface area (Å²) in [5, 5.41) is 8.59. The molecule has 0 bridgehead atoms. The van der Waals surface area contributed by atoms with E-state index in [9.17, 15) is 0 Å². The molecule has 2 rings (SSSR count). The van der Waals surface area contributed by atoms with Crippen molar-refractivity contribution in [3.05, 3.63) is 60.3 Å². The first kappa shape index (κ1) is 14.3. The highest BCUT2D eigenvalue weighted by atomic mass is 15.1. The molecule has 1 aliphatic rings. The molecular weight excluding hydrogens is 246 g/mol. The molecule has 3 nitrogen and oxygen atoms in total. The fourth-order valence-electron chi connectivity index (χ4n) is 2.08. The molecule has 3 heteroatoms. The third-order valence-electron chi connectivity index (χ3n) is 3.25. The van der Waals surface area contributed by atoms with Crippen LogP contribution in [0.5, 0.6) is 0 Å². The lowest BCUT2D eigenvalue weighted by molar-refractivity contribution is 0.866. The van der Waals surface area contributed by atoms with Crippen LogP contribution >= 0.6 is 0 Å². The van der Waals surface area contributed by atoms with Crippen molar-refractivity contribution in [2.45, 2.75) is 20.3 Å². The van der Waals surface area contributed by atoms with Gasteiger partial charge in [0.25, 0.3) is 0 Å². The summed E-state index contributed by atoms with van der Waals surface area (Å²) < 4.78 is 0. The number of hydrogen-bond acceptors (Lipinski definition) is 3. The van der Waals surface area contributed by atoms with Gasteiger partial charge in [0.2, 0.25) is 0 Å². The first-order valence-corrected chi connectivity index (χ1v) is 7.12. The van der Waals surface area contributed by atoms with E-state index in [1.54, 1.807) is 0 Å². The summed E-state index contributed by atoms with van der Waals surface area (Å²) in [4.78, 5) is 2.31. The van der Waals surface area contributed by atoms with E-state index >= 15 is 0 Å². The molecule has 0 N–H and O–H groups in total. The molecule has 0 amide bonds. The number of hydrogen-bond donors (Lipinski definition) is 0. The molecule has 0 fully saturated rings. The maximum atomic E-state index is 4.30. The lowest BCUT2D eigenvalue weighted by Crippen LogP contribution is -2.21. The van der Waals surface area contributed by atoms with E-state index in [1.807, 2.05) is 36.4 Å². The van der Waals surface area contributed by atoms with Crippen molar-refractivity contribution in [2.75, 3.05) is 18.0 Å². The minimum absolute atomic E-state index is 0.827. The number of nitrogens with zero attached hydrogens (tertiary/aromatic N) is 3. The van der Waals surface area contributed by atoms with Crippen LogP contribution in [-0.4, -0.2) is 13.1 Å². The zero-order valence-corrected chi connectivity index (χ0v) is 12.2. The fourth-order valence-corrected chi connectivity index (χ4v) is 2.08. The van der Waals surface area contributed by atoms with E-state index in [0.717, 1.165) is 30.9 Å². The Morgan fingerprint density at radius 1 is 0.950 bits per heavy atom. The second kappa shape index (κ2) is 7.43. The van der Waals surface area contributed by atoms with Gasteiger partial charge in [-0.15, -0.1) is 0 Å². The Hall–Kier alpha value is -2.16. The van der Waals surface area contributed by atoms with Crippen molar-refractivity contribution in [3.63, 3.8) is 0 Å². The van der Waals surface area contributed by atoms with Crippen molar-refractivity contribution in [1.29, 1.82) is 0 Å². The van der Waals surface area contributed by atoms with Crippen LogP contribution in [0.15, 0.2) is 70.6 Å². The van der Waals surface area contributed by atoms with Gasteiger partial charge in [0.1, 0.15) is 0 Å². The highest BCUT2D eigenvalue weighted by molar-refractivity contribution is 5.52. The van der Waals surface area contributed by atoms with Crippen molar-refractivity contribution in [3.8, 4) is 0 Å². The Kier molecular flexibility index (Phi) is 5.30. The molecule has 0 spiro atoms. The molecule has 1 aromatic carbocycles. The molecule has 0 aromatic heterocycles. The van der Waals surface area contributed by atoms with Gasteiger partial charge < -0.3 is 4.90 Å². The molecule has 0 heterocycles. The first-order valence-electron chi connectivity index (χ1n) is 7.12. The predicted octanol–water partition coefficient (Wildman–Crippen LogP) is 5.02. The van der Waals surface area contributed by atoms with Gasteiger partial charge in [-0.05, 0) is 44.2 Å².